The number of hydrogen-bond donors (Lipinski definition) is 2. The van der Waals surface area contributed by atoms with Gasteiger partial charge in [0.1, 0.15) is 5.76 Å². The molecule has 4 aromatic rings. The molecule has 6 heteroatoms. The van der Waals surface area contributed by atoms with E-state index in [1.165, 1.54) is 0 Å². The van der Waals surface area contributed by atoms with E-state index in [-0.39, 0.29) is 11.3 Å². The predicted octanol–water partition coefficient (Wildman–Crippen LogP) is 6.16. The maximum absolute atomic E-state index is 13.3. The lowest BCUT2D eigenvalue weighted by Crippen LogP contribution is -2.31. The fraction of sp³-hybridized carbons (Fsp3) is 0.172. The first-order chi connectivity index (χ1) is 17.0. The van der Waals surface area contributed by atoms with Gasteiger partial charge < -0.3 is 15.0 Å². The number of carbonyl (C=O) groups is 2. The van der Waals surface area contributed by atoms with Gasteiger partial charge in [-0.2, -0.15) is 0 Å². The van der Waals surface area contributed by atoms with Crippen molar-refractivity contribution < 1.29 is 14.7 Å². The molecule has 1 fully saturated rings. The molecule has 1 atom stereocenters. The van der Waals surface area contributed by atoms with E-state index in [4.69, 9.17) is 0 Å². The Morgan fingerprint density at radius 1 is 1.00 bits per heavy atom. The van der Waals surface area contributed by atoms with Crippen molar-refractivity contribution in [3.63, 3.8) is 0 Å². The number of halogens is 1. The van der Waals surface area contributed by atoms with E-state index in [2.05, 4.69) is 27.8 Å². The number of nitrogens with one attached hydrogen (secondary N) is 1. The number of aliphatic hydroxyl groups is 1. The number of nitrogens with zero attached hydrogens (tertiary/aromatic N) is 1. The van der Waals surface area contributed by atoms with Crippen molar-refractivity contribution in [2.75, 3.05) is 6.54 Å². The van der Waals surface area contributed by atoms with Gasteiger partial charge in [0.15, 0.2) is 0 Å². The summed E-state index contributed by atoms with van der Waals surface area (Å²) in [5.74, 6) is -1.41. The SMILES string of the molecule is CCc1ccc([C@H]2C(=C(O)c3ccc(Br)cc3)C(=O)C(=O)N2CCc2c[nH]c3ccccc23)cc1. The molecule has 35 heavy (non-hydrogen) atoms. The molecule has 0 saturated carbocycles. The molecule has 0 bridgehead atoms. The van der Waals surface area contributed by atoms with Crippen LogP contribution in [-0.4, -0.2) is 33.2 Å². The van der Waals surface area contributed by atoms with Gasteiger partial charge in [0.2, 0.25) is 0 Å². The summed E-state index contributed by atoms with van der Waals surface area (Å²) in [6, 6.07) is 22.3. The molecular formula is C29H25BrN2O3. The van der Waals surface area contributed by atoms with E-state index < -0.39 is 17.7 Å². The van der Waals surface area contributed by atoms with Crippen molar-refractivity contribution in [1.82, 2.24) is 9.88 Å². The van der Waals surface area contributed by atoms with E-state index in [0.717, 1.165) is 38.5 Å². The third kappa shape index (κ3) is 4.30. The average molecular weight is 529 g/mol. The molecule has 1 saturated heterocycles. The van der Waals surface area contributed by atoms with Crippen molar-refractivity contribution >= 4 is 44.3 Å². The summed E-state index contributed by atoms with van der Waals surface area (Å²) in [6.45, 7) is 2.43. The molecule has 0 spiro atoms. The van der Waals surface area contributed by atoms with Crippen LogP contribution in [0.25, 0.3) is 16.7 Å². The number of likely N-dealkylation sites (tertiary alicyclic amines) is 1. The number of aromatic amines is 1. The molecule has 1 amide bonds. The highest BCUT2D eigenvalue weighted by Gasteiger charge is 2.45. The summed E-state index contributed by atoms with van der Waals surface area (Å²) in [6.07, 6.45) is 3.42. The zero-order valence-corrected chi connectivity index (χ0v) is 20.9. The highest BCUT2D eigenvalue weighted by atomic mass is 79.9. The minimum Gasteiger partial charge on any atom is -0.507 e. The summed E-state index contributed by atoms with van der Waals surface area (Å²) in [7, 11) is 0. The number of aryl methyl sites for hydroxylation is 1. The van der Waals surface area contributed by atoms with E-state index in [1.807, 2.05) is 54.7 Å². The van der Waals surface area contributed by atoms with E-state index in [9.17, 15) is 14.7 Å². The number of ketones is 1. The van der Waals surface area contributed by atoms with Gasteiger partial charge in [-0.1, -0.05) is 77.5 Å². The Labute approximate surface area is 212 Å². The molecule has 0 aliphatic carbocycles. The molecule has 1 aliphatic rings. The lowest BCUT2D eigenvalue weighted by molar-refractivity contribution is -0.139. The first-order valence-corrected chi connectivity index (χ1v) is 12.5. The largest absolute Gasteiger partial charge is 0.507 e. The van der Waals surface area contributed by atoms with Gasteiger partial charge in [-0.05, 0) is 47.7 Å². The predicted molar refractivity (Wildman–Crippen MR) is 141 cm³/mol. The number of H-pyrrole nitrogens is 1. The molecule has 176 valence electrons. The summed E-state index contributed by atoms with van der Waals surface area (Å²) >= 11 is 3.40. The number of amides is 1. The minimum absolute atomic E-state index is 0.125. The normalized spacial score (nSPS) is 17.4. The number of para-hydroxylation sites is 1. The Kier molecular flexibility index (Phi) is 6.31. The molecule has 0 radical (unpaired) electrons. The number of rotatable bonds is 6. The summed E-state index contributed by atoms with van der Waals surface area (Å²) in [4.78, 5) is 31.4. The molecule has 5 nitrogen and oxygen atoms in total. The smallest absolute Gasteiger partial charge is 0.295 e. The van der Waals surface area contributed by atoms with Crippen molar-refractivity contribution in [1.29, 1.82) is 0 Å². The lowest BCUT2D eigenvalue weighted by atomic mass is 9.94. The van der Waals surface area contributed by atoms with Gasteiger partial charge in [-0.3, -0.25) is 9.59 Å². The van der Waals surface area contributed by atoms with Crippen LogP contribution in [0.1, 0.15) is 35.2 Å². The molecular weight excluding hydrogens is 504 g/mol. The first-order valence-electron chi connectivity index (χ1n) is 11.7. The number of fused-ring (bicyclic) bond motifs is 1. The van der Waals surface area contributed by atoms with Crippen molar-refractivity contribution in [3.05, 3.63) is 111 Å². The van der Waals surface area contributed by atoms with Gasteiger partial charge in [-0.15, -0.1) is 0 Å². The monoisotopic (exact) mass is 528 g/mol. The standard InChI is InChI=1S/C29H25BrN2O3/c1-2-18-7-9-19(10-8-18)26-25(27(33)20-11-13-22(30)14-12-20)28(34)29(35)32(26)16-15-21-17-31-24-6-4-3-5-23(21)24/h3-14,17,26,31,33H,2,15-16H2,1H3/t26-/m0/s1. The third-order valence-electron chi connectivity index (χ3n) is 6.66. The Balaban J connectivity index is 1.56. The van der Waals surface area contributed by atoms with E-state index >= 15 is 0 Å². The van der Waals surface area contributed by atoms with Crippen LogP contribution in [-0.2, 0) is 22.4 Å². The Hall–Kier alpha value is -3.64. The summed E-state index contributed by atoms with van der Waals surface area (Å²) in [5, 5.41) is 12.3. The van der Waals surface area contributed by atoms with Gasteiger partial charge in [-0.25, -0.2) is 0 Å². The quantitative estimate of drug-likeness (QED) is 0.179. The van der Waals surface area contributed by atoms with Gasteiger partial charge in [0, 0.05) is 33.7 Å². The minimum atomic E-state index is -0.658. The van der Waals surface area contributed by atoms with Crippen LogP contribution in [0.15, 0.2) is 89.0 Å². The van der Waals surface area contributed by atoms with Crippen molar-refractivity contribution in [3.8, 4) is 0 Å². The van der Waals surface area contributed by atoms with Crippen LogP contribution < -0.4 is 0 Å². The third-order valence-corrected chi connectivity index (χ3v) is 7.19. The molecule has 1 aromatic heterocycles. The number of Topliss-reactive ketones (excluding diaryl/α,β-unsaturated/α-hetero) is 1. The fourth-order valence-electron chi connectivity index (χ4n) is 4.74. The lowest BCUT2D eigenvalue weighted by Gasteiger charge is -2.25. The first kappa shape index (κ1) is 23.1. The van der Waals surface area contributed by atoms with Gasteiger partial charge >= 0.3 is 0 Å². The van der Waals surface area contributed by atoms with E-state index in [0.29, 0.717) is 18.5 Å². The van der Waals surface area contributed by atoms with Crippen LogP contribution in [0.4, 0.5) is 0 Å². The Morgan fingerprint density at radius 2 is 1.71 bits per heavy atom. The zero-order chi connectivity index (χ0) is 24.5. The molecule has 3 aromatic carbocycles. The highest BCUT2D eigenvalue weighted by molar-refractivity contribution is 9.10. The number of hydrogen-bond acceptors (Lipinski definition) is 3. The highest BCUT2D eigenvalue weighted by Crippen LogP contribution is 2.40. The average Bonchev–Trinajstić information content (AvgIpc) is 3.41. The van der Waals surface area contributed by atoms with Gasteiger partial charge in [0.25, 0.3) is 11.7 Å². The second kappa shape index (κ2) is 9.55. The maximum atomic E-state index is 13.3. The Morgan fingerprint density at radius 3 is 2.43 bits per heavy atom. The van der Waals surface area contributed by atoms with Crippen LogP contribution in [0.5, 0.6) is 0 Å². The van der Waals surface area contributed by atoms with Gasteiger partial charge in [0.05, 0.1) is 11.6 Å². The molecule has 1 aliphatic heterocycles. The van der Waals surface area contributed by atoms with Crippen LogP contribution >= 0.6 is 15.9 Å². The van der Waals surface area contributed by atoms with Crippen LogP contribution in [0.3, 0.4) is 0 Å². The van der Waals surface area contributed by atoms with Crippen LogP contribution in [0.2, 0.25) is 0 Å². The number of benzene rings is 3. The number of carbonyl (C=O) groups excluding carboxylic acids is 2. The summed E-state index contributed by atoms with van der Waals surface area (Å²) < 4.78 is 0.861. The van der Waals surface area contributed by atoms with E-state index in [1.54, 1.807) is 29.2 Å². The summed E-state index contributed by atoms with van der Waals surface area (Å²) in [5.41, 5.74) is 4.71. The topological polar surface area (TPSA) is 73.4 Å². The van der Waals surface area contributed by atoms with Crippen molar-refractivity contribution in [2.45, 2.75) is 25.8 Å². The molecule has 2 N–H and O–H groups in total. The fourth-order valence-corrected chi connectivity index (χ4v) is 5.00. The molecule has 5 rings (SSSR count). The molecule has 2 heterocycles. The van der Waals surface area contributed by atoms with Crippen molar-refractivity contribution in [2.24, 2.45) is 0 Å². The zero-order valence-electron chi connectivity index (χ0n) is 19.3. The number of aromatic nitrogens is 1. The Bertz CT molecular complexity index is 1440. The maximum Gasteiger partial charge on any atom is 0.295 e. The number of aliphatic hydroxyl groups excluding tert-OH is 1. The second-order valence-corrected chi connectivity index (χ2v) is 9.62. The van der Waals surface area contributed by atoms with Crippen LogP contribution in [0, 0.1) is 0 Å². The molecule has 0 unspecified atom stereocenters. The second-order valence-electron chi connectivity index (χ2n) is 8.70.